The van der Waals surface area contributed by atoms with E-state index in [0.717, 1.165) is 18.9 Å². The number of amides is 1. The molecule has 0 bridgehead atoms. The summed E-state index contributed by atoms with van der Waals surface area (Å²) in [6, 6.07) is 0.896. The number of anilines is 1. The number of nitrogens with zero attached hydrogens (tertiary/aromatic N) is 3. The van der Waals surface area contributed by atoms with Gasteiger partial charge in [0.25, 0.3) is 0 Å². The molecule has 1 aromatic heterocycles. The molecule has 2 heterocycles. The Bertz CT molecular complexity index is 1200. The first-order valence-corrected chi connectivity index (χ1v) is 11.3. The summed E-state index contributed by atoms with van der Waals surface area (Å²) in [4.78, 5) is 40.0. The van der Waals surface area contributed by atoms with Gasteiger partial charge in [0.15, 0.2) is 0 Å². The van der Waals surface area contributed by atoms with Gasteiger partial charge in [0.1, 0.15) is 17.0 Å². The van der Waals surface area contributed by atoms with Crippen molar-refractivity contribution in [2.45, 2.75) is 57.7 Å². The molecule has 0 unspecified atom stereocenters. The SMILES string of the molecule is CN(C(=O)OC(C)(C)C)[C@@H]1CCN(c2c(F)cc3c(=O)c(C(=O)O)cn(C4CC4)c3c2Cl)C1. The quantitative estimate of drug-likeness (QED) is 0.704. The minimum Gasteiger partial charge on any atom is -0.477 e. The Kier molecular flexibility index (Phi) is 5.80. The zero-order valence-corrected chi connectivity index (χ0v) is 19.8. The number of fused-ring (bicyclic) bond motifs is 1. The number of halogens is 2. The second-order valence-corrected chi connectivity index (χ2v) is 10.1. The molecule has 33 heavy (non-hydrogen) atoms. The Labute approximate surface area is 195 Å². The van der Waals surface area contributed by atoms with Crippen molar-refractivity contribution in [2.24, 2.45) is 0 Å². The number of aromatic carboxylic acids is 1. The molecule has 0 radical (unpaired) electrons. The number of hydrogen-bond acceptors (Lipinski definition) is 5. The van der Waals surface area contributed by atoms with Crippen LogP contribution >= 0.6 is 11.6 Å². The number of aromatic nitrogens is 1. The fraction of sp³-hybridized carbons (Fsp3) is 0.522. The van der Waals surface area contributed by atoms with Gasteiger partial charge in [0.05, 0.1) is 27.7 Å². The van der Waals surface area contributed by atoms with Crippen LogP contribution in [0.1, 0.15) is 56.4 Å². The second-order valence-electron chi connectivity index (χ2n) is 9.71. The van der Waals surface area contributed by atoms with Gasteiger partial charge >= 0.3 is 12.1 Å². The molecule has 0 spiro atoms. The molecule has 1 amide bonds. The van der Waals surface area contributed by atoms with Crippen LogP contribution in [0.3, 0.4) is 0 Å². The maximum atomic E-state index is 15.3. The fourth-order valence-electron chi connectivity index (χ4n) is 4.26. The van der Waals surface area contributed by atoms with Crippen LogP contribution in [0.2, 0.25) is 5.02 Å². The first kappa shape index (κ1) is 23.4. The monoisotopic (exact) mass is 479 g/mol. The molecule has 2 fully saturated rings. The smallest absolute Gasteiger partial charge is 0.410 e. The number of carbonyl (C=O) groups excluding carboxylic acids is 1. The minimum atomic E-state index is -1.36. The molecule has 1 aliphatic heterocycles. The Balaban J connectivity index is 1.72. The van der Waals surface area contributed by atoms with Crippen molar-refractivity contribution >= 4 is 40.3 Å². The predicted octanol–water partition coefficient (Wildman–Crippen LogP) is 4.27. The number of ether oxygens (including phenoxy) is 1. The van der Waals surface area contributed by atoms with E-state index < -0.39 is 34.5 Å². The van der Waals surface area contributed by atoms with Gasteiger partial charge in [-0.15, -0.1) is 0 Å². The summed E-state index contributed by atoms with van der Waals surface area (Å²) in [6.45, 7) is 6.18. The van der Waals surface area contributed by atoms with E-state index in [-0.39, 0.29) is 28.2 Å². The molecule has 1 N–H and O–H groups in total. The third-order valence-corrected chi connectivity index (χ3v) is 6.42. The lowest BCUT2D eigenvalue weighted by atomic mass is 10.1. The van der Waals surface area contributed by atoms with E-state index in [9.17, 15) is 19.5 Å². The van der Waals surface area contributed by atoms with Gasteiger partial charge in [0, 0.05) is 32.4 Å². The summed E-state index contributed by atoms with van der Waals surface area (Å²) in [5.74, 6) is -2.06. The van der Waals surface area contributed by atoms with E-state index in [2.05, 4.69) is 0 Å². The van der Waals surface area contributed by atoms with Gasteiger partial charge in [-0.1, -0.05) is 11.6 Å². The predicted molar refractivity (Wildman–Crippen MR) is 123 cm³/mol. The lowest BCUT2D eigenvalue weighted by molar-refractivity contribution is 0.0237. The van der Waals surface area contributed by atoms with Gasteiger partial charge in [-0.3, -0.25) is 4.79 Å². The number of carboxylic acids is 1. The Morgan fingerprint density at radius 2 is 1.94 bits per heavy atom. The van der Waals surface area contributed by atoms with Crippen LogP contribution in [0, 0.1) is 5.82 Å². The molecule has 1 atom stereocenters. The number of carbonyl (C=O) groups is 2. The standard InChI is InChI=1S/C23H27ClFN3O5/c1-23(2,3)33-22(32)26(4)13-7-8-27(10-13)19-16(25)9-14-18(17(19)24)28(12-5-6-12)11-15(20(14)29)21(30)31/h9,11-13H,5-8,10H2,1-4H3,(H,30,31)/t13-/m1/s1. The largest absolute Gasteiger partial charge is 0.477 e. The molecule has 2 aromatic rings. The van der Waals surface area contributed by atoms with Crippen molar-refractivity contribution in [3.8, 4) is 0 Å². The highest BCUT2D eigenvalue weighted by Crippen LogP contribution is 2.42. The van der Waals surface area contributed by atoms with Crippen LogP contribution in [0.25, 0.3) is 10.9 Å². The van der Waals surface area contributed by atoms with Crippen LogP contribution in [0.4, 0.5) is 14.9 Å². The molecular weight excluding hydrogens is 453 g/mol. The maximum absolute atomic E-state index is 15.3. The molecule has 10 heteroatoms. The third-order valence-electron chi connectivity index (χ3n) is 6.06. The third kappa shape index (κ3) is 4.38. The van der Waals surface area contributed by atoms with Gasteiger partial charge < -0.3 is 24.2 Å². The topological polar surface area (TPSA) is 92.1 Å². The summed E-state index contributed by atoms with van der Waals surface area (Å²) in [5.41, 5.74) is -1.29. The van der Waals surface area contributed by atoms with Crippen LogP contribution in [0.5, 0.6) is 0 Å². The summed E-state index contributed by atoms with van der Waals surface area (Å²) in [5, 5.41) is 9.45. The zero-order chi connectivity index (χ0) is 24.2. The number of pyridine rings is 1. The summed E-state index contributed by atoms with van der Waals surface area (Å²) in [7, 11) is 1.65. The Hall–Kier alpha value is -2.81. The minimum absolute atomic E-state index is 0.0200. The average Bonchev–Trinajstić information content (AvgIpc) is 3.44. The van der Waals surface area contributed by atoms with Crippen molar-refractivity contribution in [3.63, 3.8) is 0 Å². The Morgan fingerprint density at radius 3 is 2.52 bits per heavy atom. The molecule has 178 valence electrons. The van der Waals surface area contributed by atoms with E-state index in [0.29, 0.717) is 25.0 Å². The molecule has 4 rings (SSSR count). The highest BCUT2D eigenvalue weighted by molar-refractivity contribution is 6.38. The van der Waals surface area contributed by atoms with E-state index in [4.69, 9.17) is 16.3 Å². The maximum Gasteiger partial charge on any atom is 0.410 e. The highest BCUT2D eigenvalue weighted by atomic mass is 35.5. The van der Waals surface area contributed by atoms with Crippen molar-refractivity contribution in [3.05, 3.63) is 38.9 Å². The highest BCUT2D eigenvalue weighted by Gasteiger charge is 2.35. The summed E-state index contributed by atoms with van der Waals surface area (Å²) in [6.07, 6.45) is 3.10. The number of carboxylic acid groups (broad SMARTS) is 1. The first-order chi connectivity index (χ1) is 15.4. The van der Waals surface area contributed by atoms with Crippen molar-refractivity contribution in [2.75, 3.05) is 25.0 Å². The summed E-state index contributed by atoms with van der Waals surface area (Å²) < 4.78 is 22.4. The van der Waals surface area contributed by atoms with Crippen molar-refractivity contribution in [1.82, 2.24) is 9.47 Å². The Morgan fingerprint density at radius 1 is 1.27 bits per heavy atom. The van der Waals surface area contributed by atoms with Crippen molar-refractivity contribution in [1.29, 1.82) is 0 Å². The normalized spacial score (nSPS) is 18.6. The van der Waals surface area contributed by atoms with Crippen LogP contribution < -0.4 is 10.3 Å². The van der Waals surface area contributed by atoms with E-state index in [1.54, 1.807) is 37.3 Å². The van der Waals surface area contributed by atoms with Crippen LogP contribution in [-0.2, 0) is 4.74 Å². The van der Waals surface area contributed by atoms with Crippen LogP contribution in [-0.4, -0.2) is 58.4 Å². The molecular formula is C23H27ClFN3O5. The lowest BCUT2D eigenvalue weighted by Crippen LogP contribution is -2.42. The second kappa shape index (κ2) is 8.20. The lowest BCUT2D eigenvalue weighted by Gasteiger charge is -2.29. The fourth-order valence-corrected chi connectivity index (χ4v) is 4.67. The molecule has 8 nitrogen and oxygen atoms in total. The van der Waals surface area contributed by atoms with E-state index >= 15 is 4.39 Å². The van der Waals surface area contributed by atoms with Gasteiger partial charge in [0.2, 0.25) is 5.43 Å². The summed E-state index contributed by atoms with van der Waals surface area (Å²) >= 11 is 6.69. The van der Waals surface area contributed by atoms with E-state index in [1.807, 2.05) is 0 Å². The van der Waals surface area contributed by atoms with Gasteiger partial charge in [-0.2, -0.15) is 0 Å². The zero-order valence-electron chi connectivity index (χ0n) is 19.0. The molecule has 1 aliphatic carbocycles. The molecule has 2 aliphatic rings. The molecule has 1 saturated heterocycles. The number of benzene rings is 1. The van der Waals surface area contributed by atoms with Crippen molar-refractivity contribution < 1.29 is 23.8 Å². The number of likely N-dealkylation sites (N-methyl/N-ethyl adjacent to an activating group) is 1. The number of rotatable bonds is 4. The van der Waals surface area contributed by atoms with Crippen LogP contribution in [0.15, 0.2) is 17.1 Å². The number of hydrogen-bond donors (Lipinski definition) is 1. The first-order valence-electron chi connectivity index (χ1n) is 10.9. The van der Waals surface area contributed by atoms with E-state index in [1.165, 1.54) is 11.1 Å². The average molecular weight is 480 g/mol. The molecule has 1 aromatic carbocycles. The van der Waals surface area contributed by atoms with Gasteiger partial charge in [-0.05, 0) is 46.1 Å². The van der Waals surface area contributed by atoms with Gasteiger partial charge in [-0.25, -0.2) is 14.0 Å². The molecule has 1 saturated carbocycles.